The van der Waals surface area contributed by atoms with Crippen LogP contribution in [-0.2, 0) is 57.3 Å². The van der Waals surface area contributed by atoms with Crippen molar-refractivity contribution in [2.45, 2.75) is 116 Å². The zero-order chi connectivity index (χ0) is 42.7. The molecule has 2 rings (SSSR count). The van der Waals surface area contributed by atoms with Gasteiger partial charge in [0.05, 0.1) is 26.2 Å². The van der Waals surface area contributed by atoms with E-state index in [0.717, 1.165) is 0 Å². The fraction of sp³-hybridized carbons (Fsp3) is 0.706. The maximum Gasteiger partial charge on any atom is 0.408 e. The van der Waals surface area contributed by atoms with E-state index in [2.05, 4.69) is 10.6 Å². The minimum absolute atomic E-state index is 0.314. The number of hydrogen-bond donors (Lipinski definition) is 4. The van der Waals surface area contributed by atoms with Gasteiger partial charge in [-0.2, -0.15) is 0 Å². The predicted molar refractivity (Wildman–Crippen MR) is 188 cm³/mol. The molecule has 0 bridgehead atoms. The summed E-state index contributed by atoms with van der Waals surface area (Å²) in [5, 5.41) is 22.6. The molecule has 4 atom stereocenters. The number of aliphatic carboxylic acids is 2. The Kier molecular flexibility index (Phi) is 16.7. The van der Waals surface area contributed by atoms with Gasteiger partial charge in [-0.1, -0.05) is 0 Å². The first kappa shape index (κ1) is 46.8. The molecule has 0 spiro atoms. The minimum atomic E-state index is -1.45. The number of rotatable bonds is 17. The lowest BCUT2D eigenvalue weighted by atomic mass is 10.1. The van der Waals surface area contributed by atoms with Crippen LogP contribution in [0.3, 0.4) is 0 Å². The van der Waals surface area contributed by atoms with Gasteiger partial charge in [0, 0.05) is 24.9 Å². The van der Waals surface area contributed by atoms with Gasteiger partial charge in [0.15, 0.2) is 13.5 Å². The van der Waals surface area contributed by atoms with Crippen molar-refractivity contribution in [3.63, 3.8) is 0 Å². The highest BCUT2D eigenvalue weighted by molar-refractivity contribution is 6.00. The molecule has 2 fully saturated rings. The molecule has 4 unspecified atom stereocenters. The number of imide groups is 2. The molecule has 0 aromatic heterocycles. The standard InChI is InChI=1S/C34H52N6O16/c1-19(37-13-23(41)39(24(42)14-37)17-53-29(49)21(9-11-27(45)46)35-31(51)55-33(3,4)5)20(2)38-15-25(43)40(26(44)16-38)18-54-30(50)22(10-12-28(47)48)36-32(52)56-34(6,7)8/h19-22H,9-18H2,1-8H3,(H,35,51)(H,36,52)(H,45,46)(H,47,48). The summed E-state index contributed by atoms with van der Waals surface area (Å²) in [6, 6.07) is -4.06. The molecule has 22 heteroatoms. The van der Waals surface area contributed by atoms with Crippen LogP contribution in [0.15, 0.2) is 0 Å². The van der Waals surface area contributed by atoms with E-state index >= 15 is 0 Å². The number of carboxylic acid groups (broad SMARTS) is 2. The van der Waals surface area contributed by atoms with E-state index in [1.807, 2.05) is 0 Å². The van der Waals surface area contributed by atoms with Crippen molar-refractivity contribution in [2.24, 2.45) is 0 Å². The summed E-state index contributed by atoms with van der Waals surface area (Å²) in [6.45, 7) is 9.98. The zero-order valence-electron chi connectivity index (χ0n) is 32.8. The molecule has 0 aliphatic carbocycles. The number of nitrogens with one attached hydrogen (secondary N) is 2. The molecular weight excluding hydrogens is 748 g/mol. The highest BCUT2D eigenvalue weighted by Crippen LogP contribution is 2.19. The third-order valence-electron chi connectivity index (χ3n) is 8.32. The van der Waals surface area contributed by atoms with Crippen LogP contribution >= 0.6 is 0 Å². The van der Waals surface area contributed by atoms with E-state index in [1.165, 1.54) is 9.80 Å². The molecule has 2 heterocycles. The summed E-state index contributed by atoms with van der Waals surface area (Å²) in [4.78, 5) is 129. The lowest BCUT2D eigenvalue weighted by Crippen LogP contribution is -2.63. The average Bonchev–Trinajstić information content (AvgIpc) is 3.04. The first-order chi connectivity index (χ1) is 25.8. The monoisotopic (exact) mass is 800 g/mol. The first-order valence-electron chi connectivity index (χ1n) is 17.7. The summed E-state index contributed by atoms with van der Waals surface area (Å²) in [5.74, 6) is -7.64. The van der Waals surface area contributed by atoms with Gasteiger partial charge in [-0.3, -0.25) is 38.6 Å². The maximum absolute atomic E-state index is 13.0. The predicted octanol–water partition coefficient (Wildman–Crippen LogP) is -0.377. The van der Waals surface area contributed by atoms with Gasteiger partial charge < -0.3 is 39.8 Å². The number of ether oxygens (including phenoxy) is 4. The molecule has 56 heavy (non-hydrogen) atoms. The Morgan fingerprint density at radius 2 is 0.875 bits per heavy atom. The lowest BCUT2D eigenvalue weighted by molar-refractivity contribution is -0.170. The molecule has 2 aliphatic heterocycles. The molecule has 22 nitrogen and oxygen atoms in total. The van der Waals surface area contributed by atoms with E-state index in [0.29, 0.717) is 9.80 Å². The molecular formula is C34H52N6O16. The number of carboxylic acids is 2. The minimum Gasteiger partial charge on any atom is -0.481 e. The summed E-state index contributed by atoms with van der Waals surface area (Å²) in [6.07, 6.45) is -3.73. The van der Waals surface area contributed by atoms with Crippen LogP contribution in [0.5, 0.6) is 0 Å². The summed E-state index contributed by atoms with van der Waals surface area (Å²) >= 11 is 0. The van der Waals surface area contributed by atoms with Gasteiger partial charge in [0.25, 0.3) is 0 Å². The Labute approximate surface area is 323 Å². The number of alkyl carbamates (subject to hydrolysis) is 2. The quantitative estimate of drug-likeness (QED) is 0.0829. The van der Waals surface area contributed by atoms with Crippen LogP contribution < -0.4 is 10.6 Å². The van der Waals surface area contributed by atoms with Crippen molar-refractivity contribution in [3.05, 3.63) is 0 Å². The Morgan fingerprint density at radius 3 is 1.12 bits per heavy atom. The van der Waals surface area contributed by atoms with Crippen LogP contribution in [0.2, 0.25) is 0 Å². The van der Waals surface area contributed by atoms with Crippen LogP contribution in [0.1, 0.15) is 81.1 Å². The second-order valence-corrected chi connectivity index (χ2v) is 15.2. The van der Waals surface area contributed by atoms with Crippen molar-refractivity contribution < 1.29 is 77.1 Å². The van der Waals surface area contributed by atoms with Crippen LogP contribution in [0, 0.1) is 0 Å². The van der Waals surface area contributed by atoms with Gasteiger partial charge >= 0.3 is 36.1 Å². The maximum atomic E-state index is 13.0. The first-order valence-corrected chi connectivity index (χ1v) is 17.7. The van der Waals surface area contributed by atoms with Crippen LogP contribution in [0.25, 0.3) is 0 Å². The van der Waals surface area contributed by atoms with Gasteiger partial charge in [0.1, 0.15) is 23.3 Å². The number of nitrogens with zero attached hydrogens (tertiary/aromatic N) is 4. The number of amides is 6. The molecule has 4 N–H and O–H groups in total. The molecule has 2 aliphatic rings. The Bertz CT molecular complexity index is 1390. The third-order valence-corrected chi connectivity index (χ3v) is 8.32. The van der Waals surface area contributed by atoms with Gasteiger partial charge in [-0.15, -0.1) is 0 Å². The normalized spacial score (nSPS) is 18.0. The smallest absolute Gasteiger partial charge is 0.408 e. The van der Waals surface area contributed by atoms with Crippen LogP contribution in [-0.4, -0.2) is 165 Å². The van der Waals surface area contributed by atoms with Gasteiger partial charge in [-0.05, 0) is 68.2 Å². The van der Waals surface area contributed by atoms with E-state index < -0.39 is 121 Å². The molecule has 0 radical (unpaired) electrons. The second kappa shape index (κ2) is 20.0. The Morgan fingerprint density at radius 1 is 0.589 bits per heavy atom. The van der Waals surface area contributed by atoms with Gasteiger partial charge in [0.2, 0.25) is 23.6 Å². The fourth-order valence-electron chi connectivity index (χ4n) is 5.29. The van der Waals surface area contributed by atoms with Gasteiger partial charge in [-0.25, -0.2) is 29.0 Å². The highest BCUT2D eigenvalue weighted by atomic mass is 16.6. The molecule has 0 aromatic carbocycles. The number of esters is 2. The lowest BCUT2D eigenvalue weighted by Gasteiger charge is -2.43. The Balaban J connectivity index is 1.98. The molecule has 314 valence electrons. The molecule has 0 saturated carbocycles. The number of hydrogen-bond acceptors (Lipinski definition) is 16. The van der Waals surface area contributed by atoms with E-state index in [1.54, 1.807) is 55.4 Å². The number of carbonyl (C=O) groups excluding carboxylic acids is 8. The Hall–Kier alpha value is -5.38. The SMILES string of the molecule is CC(C(C)N1CC(=O)N(COC(=O)C(CCC(=O)O)NC(=O)OC(C)(C)C)C(=O)C1)N1CC(=O)N(COC(=O)C(CCC(=O)O)NC(=O)OC(C)(C)C)C(=O)C1. The van der Waals surface area contributed by atoms with Crippen molar-refractivity contribution in [2.75, 3.05) is 39.6 Å². The highest BCUT2D eigenvalue weighted by Gasteiger charge is 2.41. The van der Waals surface area contributed by atoms with Crippen molar-refractivity contribution in [1.29, 1.82) is 0 Å². The zero-order valence-corrected chi connectivity index (χ0v) is 32.8. The topological polar surface area (TPSA) is 285 Å². The van der Waals surface area contributed by atoms with E-state index in [9.17, 15) is 47.9 Å². The van der Waals surface area contributed by atoms with E-state index in [-0.39, 0.29) is 39.0 Å². The molecule has 6 amide bonds. The third kappa shape index (κ3) is 15.4. The van der Waals surface area contributed by atoms with Crippen molar-refractivity contribution in [1.82, 2.24) is 30.2 Å². The summed E-state index contributed by atoms with van der Waals surface area (Å²) < 4.78 is 20.5. The largest absolute Gasteiger partial charge is 0.481 e. The fourth-order valence-corrected chi connectivity index (χ4v) is 5.29. The summed E-state index contributed by atoms with van der Waals surface area (Å²) in [7, 11) is 0. The van der Waals surface area contributed by atoms with Crippen LogP contribution in [0.4, 0.5) is 9.59 Å². The van der Waals surface area contributed by atoms with E-state index in [4.69, 9.17) is 29.2 Å². The average molecular weight is 801 g/mol. The number of piperazine rings is 2. The second-order valence-electron chi connectivity index (χ2n) is 15.2. The number of carbonyl (C=O) groups is 10. The molecule has 2 saturated heterocycles. The van der Waals surface area contributed by atoms with Crippen molar-refractivity contribution >= 4 is 59.7 Å². The van der Waals surface area contributed by atoms with Crippen molar-refractivity contribution in [3.8, 4) is 0 Å². The molecule has 0 aromatic rings. The summed E-state index contributed by atoms with van der Waals surface area (Å²) in [5.41, 5.74) is -1.84.